The van der Waals surface area contributed by atoms with Crippen LogP contribution < -0.4 is 10.0 Å². The third kappa shape index (κ3) is 5.63. The van der Waals surface area contributed by atoms with Crippen LogP contribution >= 0.6 is 22.9 Å². The first-order chi connectivity index (χ1) is 15.8. The number of benzene rings is 3. The minimum absolute atomic E-state index is 0.0714. The van der Waals surface area contributed by atoms with E-state index in [-0.39, 0.29) is 9.47 Å². The van der Waals surface area contributed by atoms with Crippen molar-refractivity contribution < 1.29 is 13.2 Å². The highest BCUT2D eigenvalue weighted by molar-refractivity contribution is 7.91. The fraction of sp³-hybridized carbons (Fsp3) is 0.0870. The predicted molar refractivity (Wildman–Crippen MR) is 129 cm³/mol. The topological polar surface area (TPSA) is 101 Å². The van der Waals surface area contributed by atoms with Gasteiger partial charge in [-0.05, 0) is 42.3 Å². The highest BCUT2D eigenvalue weighted by atomic mass is 35.5. The number of hydrogen-bond donors (Lipinski definition) is 2. The second kappa shape index (κ2) is 9.80. The Kier molecular flexibility index (Phi) is 6.85. The number of anilines is 1. The summed E-state index contributed by atoms with van der Waals surface area (Å²) in [5.41, 5.74) is 2.95. The van der Waals surface area contributed by atoms with Gasteiger partial charge in [0.2, 0.25) is 9.47 Å². The van der Waals surface area contributed by atoms with E-state index in [1.54, 1.807) is 24.3 Å². The van der Waals surface area contributed by atoms with Crippen molar-refractivity contribution in [3.8, 4) is 0 Å². The van der Waals surface area contributed by atoms with Gasteiger partial charge in [-0.25, -0.2) is 8.42 Å². The lowest BCUT2D eigenvalue weighted by Crippen LogP contribution is -2.29. The quantitative estimate of drug-likeness (QED) is 0.356. The van der Waals surface area contributed by atoms with Crippen LogP contribution in [0.2, 0.25) is 5.02 Å². The number of amides is 1. The smallest absolute Gasteiger partial charge is 0.270 e. The zero-order valence-corrected chi connectivity index (χ0v) is 19.8. The molecule has 0 saturated carbocycles. The monoisotopic (exact) mass is 498 g/mol. The van der Waals surface area contributed by atoms with E-state index in [9.17, 15) is 13.2 Å². The lowest BCUT2D eigenvalue weighted by atomic mass is 9.98. The summed E-state index contributed by atoms with van der Waals surface area (Å²) in [5.74, 6) is -0.443. The van der Waals surface area contributed by atoms with Gasteiger partial charge in [-0.1, -0.05) is 83.1 Å². The zero-order chi connectivity index (χ0) is 23.4. The van der Waals surface area contributed by atoms with Crippen LogP contribution in [0.5, 0.6) is 0 Å². The van der Waals surface area contributed by atoms with Gasteiger partial charge in [0.25, 0.3) is 15.9 Å². The molecule has 1 atom stereocenters. The van der Waals surface area contributed by atoms with Gasteiger partial charge in [0.15, 0.2) is 0 Å². The van der Waals surface area contributed by atoms with Crippen LogP contribution in [-0.2, 0) is 10.0 Å². The molecule has 3 aromatic carbocycles. The molecule has 0 fully saturated rings. The van der Waals surface area contributed by atoms with Crippen molar-refractivity contribution in [3.05, 3.63) is 106 Å². The number of aryl methyl sites for hydroxylation is 1. The minimum atomic E-state index is -4.03. The molecule has 4 rings (SSSR count). The van der Waals surface area contributed by atoms with Gasteiger partial charge in [0.1, 0.15) is 0 Å². The molecule has 1 amide bonds. The van der Waals surface area contributed by atoms with Crippen LogP contribution in [-0.4, -0.2) is 24.5 Å². The molecule has 1 unspecified atom stereocenters. The number of nitrogens with one attached hydrogen (secondary N) is 2. The number of nitrogens with zero attached hydrogens (tertiary/aromatic N) is 2. The molecule has 2 N–H and O–H groups in total. The van der Waals surface area contributed by atoms with Gasteiger partial charge >= 0.3 is 0 Å². The number of halogens is 1. The molecule has 10 heteroatoms. The maximum atomic E-state index is 13.2. The first kappa shape index (κ1) is 23.1. The molecule has 4 aromatic rings. The Balaban J connectivity index is 1.57. The first-order valence-electron chi connectivity index (χ1n) is 9.86. The number of rotatable bonds is 7. The molecule has 168 valence electrons. The second-order valence-corrected chi connectivity index (χ2v) is 10.5. The Morgan fingerprint density at radius 2 is 1.64 bits per heavy atom. The average Bonchev–Trinajstić information content (AvgIpc) is 3.28. The predicted octanol–water partition coefficient (Wildman–Crippen LogP) is 4.82. The van der Waals surface area contributed by atoms with Gasteiger partial charge in [0.05, 0.1) is 6.04 Å². The molecular weight excluding hydrogens is 480 g/mol. The lowest BCUT2D eigenvalue weighted by molar-refractivity contribution is 0.102. The maximum Gasteiger partial charge on any atom is 0.270 e. The van der Waals surface area contributed by atoms with E-state index in [1.807, 2.05) is 61.5 Å². The Bertz CT molecular complexity index is 1370. The molecule has 0 spiro atoms. The fourth-order valence-corrected chi connectivity index (χ4v) is 5.42. The Labute approximate surface area is 200 Å². The third-order valence-corrected chi connectivity index (χ3v) is 7.63. The van der Waals surface area contributed by atoms with Crippen LogP contribution in [0.25, 0.3) is 0 Å². The third-order valence-electron chi connectivity index (χ3n) is 4.74. The molecule has 0 aliphatic rings. The molecule has 0 bridgehead atoms. The lowest BCUT2D eigenvalue weighted by Gasteiger charge is -2.19. The Morgan fingerprint density at radius 3 is 2.33 bits per heavy atom. The van der Waals surface area contributed by atoms with Gasteiger partial charge in [-0.2, -0.15) is 4.72 Å². The Morgan fingerprint density at radius 1 is 0.939 bits per heavy atom. The molecule has 33 heavy (non-hydrogen) atoms. The molecule has 0 saturated heterocycles. The van der Waals surface area contributed by atoms with Crippen LogP contribution in [0.1, 0.15) is 33.1 Å². The summed E-state index contributed by atoms with van der Waals surface area (Å²) in [5, 5.41) is 10.8. The summed E-state index contributed by atoms with van der Waals surface area (Å²) in [6.45, 7) is 1.94. The van der Waals surface area contributed by atoms with Gasteiger partial charge in [-0.15, -0.1) is 10.2 Å². The van der Waals surface area contributed by atoms with Crippen LogP contribution in [0.3, 0.4) is 0 Å². The van der Waals surface area contributed by atoms with Crippen molar-refractivity contribution in [2.45, 2.75) is 17.3 Å². The Hall–Kier alpha value is -3.11. The summed E-state index contributed by atoms with van der Waals surface area (Å²) in [7, 11) is -4.03. The van der Waals surface area contributed by atoms with Crippen molar-refractivity contribution >= 4 is 44.0 Å². The van der Waals surface area contributed by atoms with E-state index in [0.717, 1.165) is 28.0 Å². The summed E-state index contributed by atoms with van der Waals surface area (Å²) in [6.07, 6.45) is 0. The summed E-state index contributed by atoms with van der Waals surface area (Å²) >= 11 is 6.61. The number of carbonyl (C=O) groups is 1. The molecule has 7 nitrogen and oxygen atoms in total. The molecule has 1 aromatic heterocycles. The van der Waals surface area contributed by atoms with Gasteiger partial charge < -0.3 is 0 Å². The van der Waals surface area contributed by atoms with Crippen LogP contribution in [0, 0.1) is 6.92 Å². The van der Waals surface area contributed by atoms with E-state index in [1.165, 1.54) is 0 Å². The molecule has 0 aliphatic heterocycles. The summed E-state index contributed by atoms with van der Waals surface area (Å²) in [6, 6.07) is 22.6. The van der Waals surface area contributed by atoms with Crippen LogP contribution in [0.15, 0.2) is 83.2 Å². The standard InChI is InChI=1S/C23H19ClN4O3S2/c1-15-6-5-9-18(14-15)20(16-7-3-2-4-8-16)28-33(30,31)23-27-26-22(32-23)25-21(29)17-10-12-19(24)13-11-17/h2-14,20,28H,1H3,(H,25,26,29). The summed E-state index contributed by atoms with van der Waals surface area (Å²) < 4.78 is 28.8. The van der Waals surface area contributed by atoms with Crippen molar-refractivity contribution in [1.29, 1.82) is 0 Å². The molecule has 0 aliphatic carbocycles. The number of aromatic nitrogens is 2. The van der Waals surface area contributed by atoms with Crippen molar-refractivity contribution in [2.75, 3.05) is 5.32 Å². The number of carbonyl (C=O) groups excluding carboxylic acids is 1. The van der Waals surface area contributed by atoms with Crippen molar-refractivity contribution in [3.63, 3.8) is 0 Å². The second-order valence-electron chi connectivity index (χ2n) is 7.21. The maximum absolute atomic E-state index is 13.2. The van der Waals surface area contributed by atoms with Crippen molar-refractivity contribution in [1.82, 2.24) is 14.9 Å². The summed E-state index contributed by atoms with van der Waals surface area (Å²) in [4.78, 5) is 12.4. The van der Waals surface area contributed by atoms with Crippen LogP contribution in [0.4, 0.5) is 5.13 Å². The first-order valence-corrected chi connectivity index (χ1v) is 12.5. The van der Waals surface area contributed by atoms with Gasteiger partial charge in [-0.3, -0.25) is 10.1 Å². The highest BCUT2D eigenvalue weighted by Gasteiger charge is 2.27. The van der Waals surface area contributed by atoms with E-state index >= 15 is 0 Å². The zero-order valence-electron chi connectivity index (χ0n) is 17.4. The van der Waals surface area contributed by atoms with E-state index in [0.29, 0.717) is 10.6 Å². The van der Waals surface area contributed by atoms with Crippen molar-refractivity contribution in [2.24, 2.45) is 0 Å². The molecular formula is C23H19ClN4O3S2. The van der Waals surface area contributed by atoms with E-state index in [4.69, 9.17) is 11.6 Å². The van der Waals surface area contributed by atoms with Gasteiger partial charge in [0, 0.05) is 10.6 Å². The number of hydrogen-bond acceptors (Lipinski definition) is 6. The van der Waals surface area contributed by atoms with E-state index < -0.39 is 22.0 Å². The largest absolute Gasteiger partial charge is 0.296 e. The average molecular weight is 499 g/mol. The number of sulfonamides is 1. The molecule has 0 radical (unpaired) electrons. The fourth-order valence-electron chi connectivity index (χ4n) is 3.17. The van der Waals surface area contributed by atoms with E-state index in [2.05, 4.69) is 20.2 Å². The minimum Gasteiger partial charge on any atom is -0.296 e. The highest BCUT2D eigenvalue weighted by Crippen LogP contribution is 2.27. The molecule has 1 heterocycles. The normalized spacial score (nSPS) is 12.3. The SMILES string of the molecule is Cc1cccc(C(NS(=O)(=O)c2nnc(NC(=O)c3ccc(Cl)cc3)s2)c2ccccc2)c1.